The van der Waals surface area contributed by atoms with Gasteiger partial charge in [0.15, 0.2) is 70.1 Å². The van der Waals surface area contributed by atoms with E-state index in [9.17, 15) is 19.8 Å². The van der Waals surface area contributed by atoms with Crippen LogP contribution < -0.4 is 55.6 Å². The van der Waals surface area contributed by atoms with Crippen molar-refractivity contribution in [2.24, 2.45) is 0 Å². The average Bonchev–Trinajstić information content (AvgIpc) is 0.771. The standard InChI is InChI=1S/C35H50O5Si2.C23H22O5.C19H33BrO3Si2.C9H9BrO3.2CH4/c1-34(2,3)41(10,11)39-31-24-28(26-17-15-14-16-18-26)23-27(32(31)40-42(12,13)35(4,5)6)20-19-25-21-29(36-7)33(38-9)30(22-25)37-8;1-26-20-11-15(12-21(27-2)23(20)28-3)9-10-17-13-18(14-19(24)22(17)25)16-7-5-4-6-8-16;1-18(2,3)24(7,8)22-16-12-15(20)11-14(13-21)17(16)23-25(9,10)19(4,5)6;1-12-8-4-7(10)3-6(5-11)9(8)13-2;;/h14-24H,1-13H3;4-14,24-25H,1-3H3;11-13H,1-10H3;3-5H,1-2H3;2*1H4/b20-19-;10-9-;;;;. The number of carbonyl (C=O) groups is 2. The third-order valence-electron chi connectivity index (χ3n) is 20.1. The highest BCUT2D eigenvalue weighted by atomic mass is 79.9. The summed E-state index contributed by atoms with van der Waals surface area (Å²) in [5, 5.41) is 20.5. The Morgan fingerprint density at radius 2 is 0.600 bits per heavy atom. The summed E-state index contributed by atoms with van der Waals surface area (Å²) in [6.07, 6.45) is 9.27. The summed E-state index contributed by atoms with van der Waals surface area (Å²) in [4.78, 5) is 22.4. The fourth-order valence-electron chi connectivity index (χ4n) is 9.64. The second kappa shape index (κ2) is 40.2. The fraction of sp³-hybridized carbons (Fsp3) is 0.386. The molecule has 8 rings (SSSR count). The van der Waals surface area contributed by atoms with E-state index < -0.39 is 33.3 Å². The van der Waals surface area contributed by atoms with Gasteiger partial charge in [-0.2, -0.15) is 0 Å². The van der Waals surface area contributed by atoms with Crippen LogP contribution in [0.3, 0.4) is 0 Å². The number of aromatic hydroxyl groups is 2. The molecule has 0 fully saturated rings. The fourth-order valence-corrected chi connectivity index (χ4v) is 14.6. The molecule has 0 aliphatic carbocycles. The number of hydrogen-bond acceptors (Lipinski definition) is 16. The molecule has 0 saturated heterocycles. The van der Waals surface area contributed by atoms with Gasteiger partial charge in [-0.3, -0.25) is 9.59 Å². The van der Waals surface area contributed by atoms with Gasteiger partial charge in [0.1, 0.15) is 11.5 Å². The van der Waals surface area contributed by atoms with Crippen LogP contribution in [0.15, 0.2) is 142 Å². The number of phenols is 2. The Kier molecular flexibility index (Phi) is 35.0. The minimum Gasteiger partial charge on any atom is -0.541 e. The Bertz CT molecular complexity index is 4360. The molecule has 0 aromatic heterocycles. The first-order valence-electron chi connectivity index (χ1n) is 35.5. The van der Waals surface area contributed by atoms with Gasteiger partial charge in [-0.05, 0) is 179 Å². The van der Waals surface area contributed by atoms with E-state index in [1.807, 2.05) is 60.7 Å². The summed E-state index contributed by atoms with van der Waals surface area (Å²) in [6, 6.07) is 42.4. The molecule has 0 aliphatic rings. The molecule has 8 aromatic carbocycles. The van der Waals surface area contributed by atoms with E-state index in [1.165, 1.54) is 14.2 Å². The van der Waals surface area contributed by atoms with Gasteiger partial charge in [-0.25, -0.2) is 0 Å². The van der Waals surface area contributed by atoms with Crippen LogP contribution in [-0.2, 0) is 0 Å². The number of phenolic OH excluding ortho intramolecular Hbond substituents is 2. The van der Waals surface area contributed by atoms with E-state index >= 15 is 0 Å². The Morgan fingerprint density at radius 1 is 0.309 bits per heavy atom. The van der Waals surface area contributed by atoms with Gasteiger partial charge < -0.3 is 65.8 Å². The van der Waals surface area contributed by atoms with Crippen molar-refractivity contribution in [2.45, 2.75) is 170 Å². The number of hydrogen-bond donors (Lipinski definition) is 2. The number of methoxy groups -OCH3 is 8. The lowest BCUT2D eigenvalue weighted by atomic mass is 10.0. The molecule has 600 valence electrons. The van der Waals surface area contributed by atoms with Crippen molar-refractivity contribution in [3.8, 4) is 103 Å². The molecule has 0 spiro atoms. The Balaban J connectivity index is 0.000000403. The maximum Gasteiger partial charge on any atom is 0.250 e. The van der Waals surface area contributed by atoms with Crippen molar-refractivity contribution in [3.63, 3.8) is 0 Å². The van der Waals surface area contributed by atoms with Crippen molar-refractivity contribution in [2.75, 3.05) is 56.9 Å². The van der Waals surface area contributed by atoms with Crippen molar-refractivity contribution in [1.29, 1.82) is 0 Å². The van der Waals surface area contributed by atoms with E-state index in [1.54, 1.807) is 91.2 Å². The maximum atomic E-state index is 11.7. The van der Waals surface area contributed by atoms with Crippen LogP contribution in [0.5, 0.6) is 80.5 Å². The molecule has 0 aliphatic heterocycles. The molecule has 0 atom stereocenters. The third-order valence-corrected chi connectivity index (χ3v) is 38.4. The van der Waals surface area contributed by atoms with E-state index in [0.29, 0.717) is 74.2 Å². The van der Waals surface area contributed by atoms with Gasteiger partial charge in [0.05, 0.1) is 68.0 Å². The minimum atomic E-state index is -2.23. The molecular weight excluding hydrogens is 1590 g/mol. The Labute approximate surface area is 678 Å². The molecular formula is C88H122Br2O16Si4. The van der Waals surface area contributed by atoms with Crippen LogP contribution in [0.1, 0.15) is 141 Å². The summed E-state index contributed by atoms with van der Waals surface area (Å²) >= 11 is 6.76. The highest BCUT2D eigenvalue weighted by Gasteiger charge is 2.45. The van der Waals surface area contributed by atoms with Gasteiger partial charge in [0.25, 0.3) is 33.3 Å². The second-order valence-corrected chi connectivity index (χ2v) is 52.6. The zero-order valence-corrected chi connectivity index (χ0v) is 75.7. The summed E-state index contributed by atoms with van der Waals surface area (Å²) in [7, 11) is 3.95. The predicted octanol–water partition coefficient (Wildman–Crippen LogP) is 25.9. The molecule has 2 N–H and O–H groups in total. The first-order valence-corrected chi connectivity index (χ1v) is 48.7. The van der Waals surface area contributed by atoms with E-state index in [-0.39, 0.29) is 46.5 Å². The summed E-state index contributed by atoms with van der Waals surface area (Å²) in [6.45, 7) is 44.6. The zero-order chi connectivity index (χ0) is 81.3. The molecule has 0 heterocycles. The Morgan fingerprint density at radius 3 is 0.936 bits per heavy atom. The number of benzene rings is 8. The number of aldehydes is 2. The van der Waals surface area contributed by atoms with E-state index in [0.717, 1.165) is 72.0 Å². The molecule has 0 amide bonds. The lowest BCUT2D eigenvalue weighted by Crippen LogP contribution is -2.46. The normalized spacial score (nSPS) is 11.8. The molecule has 22 heteroatoms. The van der Waals surface area contributed by atoms with Gasteiger partial charge in [0.2, 0.25) is 11.5 Å². The smallest absolute Gasteiger partial charge is 0.250 e. The zero-order valence-electron chi connectivity index (χ0n) is 68.5. The summed E-state index contributed by atoms with van der Waals surface area (Å²) in [5.74, 6) is 6.87. The van der Waals surface area contributed by atoms with Crippen molar-refractivity contribution in [1.82, 2.24) is 0 Å². The molecule has 0 saturated carbocycles. The Hall–Kier alpha value is -8.39. The number of halogens is 2. The van der Waals surface area contributed by atoms with Crippen molar-refractivity contribution >= 4 is 102 Å². The molecule has 110 heavy (non-hydrogen) atoms. The van der Waals surface area contributed by atoms with Crippen molar-refractivity contribution < 1.29 is 75.4 Å². The summed E-state index contributed by atoms with van der Waals surface area (Å²) < 4.78 is 71.7. The molecule has 0 bridgehead atoms. The van der Waals surface area contributed by atoms with Crippen LogP contribution in [0.4, 0.5) is 0 Å². The maximum absolute atomic E-state index is 11.7. The SMILES string of the molecule is C.C.CC(C)(C)[Si](C)(C)Oc1cc(Br)cc(C=O)c1O[Si](C)(C)C(C)(C)C.COc1cc(/C=C\c2cc(-c3ccccc3)cc(O)c2O)cc(OC)c1OC.COc1cc(/C=C\c2cc(-c3ccccc3)cc(O[Si](C)(C)C(C)(C)C)c2O[Si](C)(C)C(C)(C)C)cc(OC)c1OC.COc1cc(Br)cc(C=O)c1OC. The largest absolute Gasteiger partial charge is 0.541 e. The highest BCUT2D eigenvalue weighted by molar-refractivity contribution is 9.10. The van der Waals surface area contributed by atoms with Crippen molar-refractivity contribution in [3.05, 3.63) is 176 Å². The second-order valence-electron chi connectivity index (χ2n) is 31.9. The van der Waals surface area contributed by atoms with Crippen LogP contribution in [-0.4, -0.2) is 113 Å². The average molecular weight is 1710 g/mol. The minimum absolute atomic E-state index is 0. The first kappa shape index (κ1) is 95.8. The van der Waals surface area contributed by atoms with Crippen LogP contribution >= 0.6 is 31.9 Å². The lowest BCUT2D eigenvalue weighted by Gasteiger charge is -2.40. The number of ether oxygens (including phenoxy) is 8. The molecule has 0 unspecified atom stereocenters. The monoisotopic (exact) mass is 1700 g/mol. The number of rotatable bonds is 24. The molecule has 16 nitrogen and oxygen atoms in total. The molecule has 8 aromatic rings. The van der Waals surface area contributed by atoms with Gasteiger partial charge >= 0.3 is 0 Å². The van der Waals surface area contributed by atoms with Crippen LogP contribution in [0.25, 0.3) is 46.6 Å². The first-order chi connectivity index (χ1) is 50.2. The van der Waals surface area contributed by atoms with Gasteiger partial charge in [-0.15, -0.1) is 0 Å². The van der Waals surface area contributed by atoms with Gasteiger partial charge in [0, 0.05) is 20.1 Å². The third kappa shape index (κ3) is 24.8. The van der Waals surface area contributed by atoms with Crippen LogP contribution in [0.2, 0.25) is 72.5 Å². The van der Waals surface area contributed by atoms with E-state index in [4.69, 9.17) is 55.6 Å². The molecule has 0 radical (unpaired) electrons. The predicted molar refractivity (Wildman–Crippen MR) is 474 cm³/mol. The summed E-state index contributed by atoms with van der Waals surface area (Å²) in [5.41, 5.74) is 8.12. The lowest BCUT2D eigenvalue weighted by molar-refractivity contribution is 0.111. The highest BCUT2D eigenvalue weighted by Crippen LogP contribution is 2.50. The quantitative estimate of drug-likeness (QED) is 0.0252. The van der Waals surface area contributed by atoms with E-state index in [2.05, 4.69) is 216 Å². The van der Waals surface area contributed by atoms with Crippen LogP contribution in [0, 0.1) is 0 Å². The number of carbonyl (C=O) groups excluding carboxylic acids is 2. The van der Waals surface area contributed by atoms with Gasteiger partial charge in [-0.1, -0.05) is 215 Å². The topological polar surface area (TPSA) is 185 Å².